The summed E-state index contributed by atoms with van der Waals surface area (Å²) in [5.74, 6) is 1.09. The summed E-state index contributed by atoms with van der Waals surface area (Å²) in [6.45, 7) is 6.98. The van der Waals surface area contributed by atoms with Gasteiger partial charge in [-0.2, -0.15) is 0 Å². The first-order chi connectivity index (χ1) is 9.71. The van der Waals surface area contributed by atoms with Gasteiger partial charge in [-0.25, -0.2) is 8.42 Å². The lowest BCUT2D eigenvalue weighted by molar-refractivity contribution is 0.352. The molecule has 0 aromatic heterocycles. The van der Waals surface area contributed by atoms with E-state index in [4.69, 9.17) is 4.74 Å². The van der Waals surface area contributed by atoms with Crippen LogP contribution < -0.4 is 10.1 Å². The highest BCUT2D eigenvalue weighted by Gasteiger charge is 2.28. The molecule has 0 saturated carbocycles. The van der Waals surface area contributed by atoms with Crippen molar-refractivity contribution in [2.45, 2.75) is 38.5 Å². The molecule has 0 amide bonds. The van der Waals surface area contributed by atoms with Crippen molar-refractivity contribution in [1.82, 2.24) is 5.32 Å². The lowest BCUT2D eigenvalue weighted by Crippen LogP contribution is -2.34. The van der Waals surface area contributed by atoms with Crippen LogP contribution >= 0.6 is 15.9 Å². The molecule has 0 saturated heterocycles. The molecule has 0 unspecified atom stereocenters. The lowest BCUT2D eigenvalue weighted by Gasteiger charge is -2.19. The Bertz CT molecular complexity index is 621. The van der Waals surface area contributed by atoms with E-state index in [2.05, 4.69) is 27.3 Å². The minimum atomic E-state index is -3.07. The molecule has 0 radical (unpaired) electrons. The highest BCUT2D eigenvalue weighted by Crippen LogP contribution is 2.32. The standard InChI is InChI=1S/C15H22BrNO3S/c1-15(2,3)21(18,19)7-5-17-10-12-9-13(16)8-11-4-6-20-14(11)12/h8-9,17H,4-7,10H2,1-3H3. The Balaban J connectivity index is 1.94. The second-order valence-electron chi connectivity index (χ2n) is 6.26. The van der Waals surface area contributed by atoms with Gasteiger partial charge >= 0.3 is 0 Å². The minimum absolute atomic E-state index is 0.146. The monoisotopic (exact) mass is 375 g/mol. The summed E-state index contributed by atoms with van der Waals surface area (Å²) in [6, 6.07) is 4.10. The maximum absolute atomic E-state index is 12.0. The smallest absolute Gasteiger partial charge is 0.156 e. The zero-order valence-electron chi connectivity index (χ0n) is 12.7. The molecule has 0 bridgehead atoms. The van der Waals surface area contributed by atoms with Gasteiger partial charge in [0.25, 0.3) is 0 Å². The number of ether oxygens (including phenoxy) is 1. The lowest BCUT2D eigenvalue weighted by atomic mass is 10.1. The van der Waals surface area contributed by atoms with Gasteiger partial charge in [-0.3, -0.25) is 0 Å². The van der Waals surface area contributed by atoms with Crippen LogP contribution in [0.4, 0.5) is 0 Å². The Morgan fingerprint density at radius 2 is 2.05 bits per heavy atom. The quantitative estimate of drug-likeness (QED) is 0.803. The summed E-state index contributed by atoms with van der Waals surface area (Å²) < 4.78 is 30.1. The maximum atomic E-state index is 12.0. The fourth-order valence-corrected chi connectivity index (χ4v) is 3.79. The second kappa shape index (κ2) is 6.26. The molecule has 1 aromatic carbocycles. The number of hydrogen-bond donors (Lipinski definition) is 1. The maximum Gasteiger partial charge on any atom is 0.156 e. The van der Waals surface area contributed by atoms with Gasteiger partial charge in [0.2, 0.25) is 0 Å². The SMILES string of the molecule is CC(C)(C)S(=O)(=O)CCNCc1cc(Br)cc2c1OCC2. The van der Waals surface area contributed by atoms with Crippen LogP contribution in [0.1, 0.15) is 31.9 Å². The van der Waals surface area contributed by atoms with Gasteiger partial charge in [0.1, 0.15) is 5.75 Å². The number of rotatable bonds is 5. The molecular weight excluding hydrogens is 354 g/mol. The third-order valence-electron chi connectivity index (χ3n) is 3.62. The number of hydrogen-bond acceptors (Lipinski definition) is 4. The van der Waals surface area contributed by atoms with E-state index in [9.17, 15) is 8.42 Å². The van der Waals surface area contributed by atoms with E-state index in [0.717, 1.165) is 28.8 Å². The molecule has 2 rings (SSSR count). The van der Waals surface area contributed by atoms with Crippen molar-refractivity contribution in [1.29, 1.82) is 0 Å². The minimum Gasteiger partial charge on any atom is -0.493 e. The third-order valence-corrected chi connectivity index (χ3v) is 6.69. The first-order valence-electron chi connectivity index (χ1n) is 7.08. The molecule has 4 nitrogen and oxygen atoms in total. The van der Waals surface area contributed by atoms with E-state index in [1.165, 1.54) is 5.56 Å². The first kappa shape index (κ1) is 16.8. The van der Waals surface area contributed by atoms with Crippen molar-refractivity contribution >= 4 is 25.8 Å². The van der Waals surface area contributed by atoms with Crippen LogP contribution in [0.5, 0.6) is 5.75 Å². The van der Waals surface area contributed by atoms with E-state index in [1.807, 2.05) is 6.07 Å². The van der Waals surface area contributed by atoms with Gasteiger partial charge in [-0.05, 0) is 38.5 Å². The van der Waals surface area contributed by atoms with Crippen molar-refractivity contribution in [3.63, 3.8) is 0 Å². The van der Waals surface area contributed by atoms with Crippen LogP contribution in [0.25, 0.3) is 0 Å². The predicted octanol–water partition coefficient (Wildman–Crippen LogP) is 2.69. The van der Waals surface area contributed by atoms with Crippen molar-refractivity contribution in [3.8, 4) is 5.75 Å². The Labute approximate surface area is 135 Å². The molecule has 0 fully saturated rings. The zero-order valence-corrected chi connectivity index (χ0v) is 15.1. The molecular formula is C15H22BrNO3S. The van der Waals surface area contributed by atoms with Crippen molar-refractivity contribution in [2.75, 3.05) is 18.9 Å². The molecule has 1 aliphatic rings. The van der Waals surface area contributed by atoms with Gasteiger partial charge in [0.15, 0.2) is 9.84 Å². The summed E-state index contributed by atoms with van der Waals surface area (Å²) in [4.78, 5) is 0. The molecule has 6 heteroatoms. The van der Waals surface area contributed by atoms with Crippen LogP contribution in [0.2, 0.25) is 0 Å². The van der Waals surface area contributed by atoms with Gasteiger partial charge in [-0.1, -0.05) is 15.9 Å². The number of benzene rings is 1. The summed E-state index contributed by atoms with van der Waals surface area (Å²) >= 11 is 3.50. The molecule has 1 aromatic rings. The first-order valence-corrected chi connectivity index (χ1v) is 9.52. The highest BCUT2D eigenvalue weighted by atomic mass is 79.9. The van der Waals surface area contributed by atoms with Gasteiger partial charge in [0, 0.05) is 29.5 Å². The van der Waals surface area contributed by atoms with Crippen molar-refractivity contribution < 1.29 is 13.2 Å². The Morgan fingerprint density at radius 3 is 2.71 bits per heavy atom. The summed E-state index contributed by atoms with van der Waals surface area (Å²) in [5.41, 5.74) is 2.29. The normalized spacial score (nSPS) is 14.9. The number of sulfone groups is 1. The molecule has 0 aliphatic carbocycles. The van der Waals surface area contributed by atoms with Gasteiger partial charge in [-0.15, -0.1) is 0 Å². The number of halogens is 1. The average molecular weight is 376 g/mol. The van der Waals surface area contributed by atoms with E-state index >= 15 is 0 Å². The Hall–Kier alpha value is -0.590. The van der Waals surface area contributed by atoms with E-state index in [-0.39, 0.29) is 5.75 Å². The Kier molecular flexibility index (Phi) is 5.00. The summed E-state index contributed by atoms with van der Waals surface area (Å²) in [7, 11) is -3.07. The molecule has 0 spiro atoms. The van der Waals surface area contributed by atoms with E-state index < -0.39 is 14.6 Å². The molecule has 21 heavy (non-hydrogen) atoms. The van der Waals surface area contributed by atoms with Gasteiger partial charge < -0.3 is 10.1 Å². The Morgan fingerprint density at radius 1 is 1.33 bits per heavy atom. The molecule has 1 aliphatic heterocycles. The summed E-state index contributed by atoms with van der Waals surface area (Å²) in [6.07, 6.45) is 0.931. The summed E-state index contributed by atoms with van der Waals surface area (Å²) in [5, 5.41) is 3.21. The van der Waals surface area contributed by atoms with Crippen molar-refractivity contribution in [3.05, 3.63) is 27.7 Å². The van der Waals surface area contributed by atoms with Crippen LogP contribution in [0.3, 0.4) is 0 Å². The van der Waals surface area contributed by atoms with Crippen LogP contribution in [0.15, 0.2) is 16.6 Å². The van der Waals surface area contributed by atoms with Gasteiger partial charge in [0.05, 0.1) is 17.1 Å². The predicted molar refractivity (Wildman–Crippen MR) is 88.6 cm³/mol. The number of fused-ring (bicyclic) bond motifs is 1. The van der Waals surface area contributed by atoms with Crippen LogP contribution in [0, 0.1) is 0 Å². The van der Waals surface area contributed by atoms with E-state index in [1.54, 1.807) is 20.8 Å². The van der Waals surface area contributed by atoms with Crippen molar-refractivity contribution in [2.24, 2.45) is 0 Å². The molecule has 1 N–H and O–H groups in total. The average Bonchev–Trinajstić information content (AvgIpc) is 2.80. The van der Waals surface area contributed by atoms with Crippen LogP contribution in [-0.2, 0) is 22.8 Å². The fraction of sp³-hybridized carbons (Fsp3) is 0.600. The largest absolute Gasteiger partial charge is 0.493 e. The zero-order chi connectivity index (χ0) is 15.7. The topological polar surface area (TPSA) is 55.4 Å². The second-order valence-corrected chi connectivity index (χ2v) is 10.0. The third kappa shape index (κ3) is 3.99. The molecule has 0 atom stereocenters. The molecule has 118 valence electrons. The molecule has 1 heterocycles. The number of nitrogens with one attached hydrogen (secondary N) is 1. The fourth-order valence-electron chi connectivity index (χ4n) is 2.21. The highest BCUT2D eigenvalue weighted by molar-refractivity contribution is 9.10. The van der Waals surface area contributed by atoms with E-state index in [0.29, 0.717) is 13.1 Å². The van der Waals surface area contributed by atoms with Crippen LogP contribution in [-0.4, -0.2) is 32.1 Å².